The Morgan fingerprint density at radius 3 is 2.69 bits per heavy atom. The number of para-hydroxylation sites is 1. The summed E-state index contributed by atoms with van der Waals surface area (Å²) in [7, 11) is 1.67. The van der Waals surface area contributed by atoms with Crippen molar-refractivity contribution >= 4 is 41.4 Å². The first-order valence-corrected chi connectivity index (χ1v) is 8.60. The minimum atomic E-state index is 0. The average molecular weight is 467 g/mol. The Labute approximate surface area is 171 Å². The third kappa shape index (κ3) is 5.57. The lowest BCUT2D eigenvalue weighted by Gasteiger charge is -2.16. The van der Waals surface area contributed by atoms with Crippen LogP contribution in [0.25, 0.3) is 0 Å². The van der Waals surface area contributed by atoms with Gasteiger partial charge in [-0.2, -0.15) is 0 Å². The van der Waals surface area contributed by atoms with Crippen molar-refractivity contribution in [3.8, 4) is 0 Å². The highest BCUT2D eigenvalue weighted by Crippen LogP contribution is 2.18. The zero-order valence-electron chi connectivity index (χ0n) is 15.0. The quantitative estimate of drug-likeness (QED) is 0.387. The maximum Gasteiger partial charge on any atom is 0.193 e. The first-order valence-electron chi connectivity index (χ1n) is 8.60. The van der Waals surface area contributed by atoms with E-state index >= 15 is 0 Å². The maximum absolute atomic E-state index is 6.02. The molecule has 1 aromatic carbocycles. The minimum Gasteiger partial charge on any atom is -0.380 e. The van der Waals surface area contributed by atoms with Crippen molar-refractivity contribution in [2.75, 3.05) is 30.4 Å². The van der Waals surface area contributed by atoms with Crippen LogP contribution in [0.4, 0.5) is 11.5 Å². The fourth-order valence-corrected chi connectivity index (χ4v) is 2.92. The predicted molar refractivity (Wildman–Crippen MR) is 117 cm³/mol. The van der Waals surface area contributed by atoms with Gasteiger partial charge < -0.3 is 20.7 Å². The van der Waals surface area contributed by atoms with Crippen molar-refractivity contribution in [1.29, 1.82) is 0 Å². The number of aliphatic imine (C=N–C) groups is 1. The van der Waals surface area contributed by atoms with Crippen LogP contribution in [0.5, 0.6) is 0 Å². The summed E-state index contributed by atoms with van der Waals surface area (Å²) < 4.78 is 5.20. The molecule has 26 heavy (non-hydrogen) atoms. The molecule has 6 nitrogen and oxygen atoms in total. The lowest BCUT2D eigenvalue weighted by Crippen LogP contribution is -2.23. The highest BCUT2D eigenvalue weighted by atomic mass is 127. The van der Waals surface area contributed by atoms with Gasteiger partial charge in [-0.3, -0.25) is 0 Å². The second-order valence-electron chi connectivity index (χ2n) is 6.14. The maximum atomic E-state index is 6.02. The number of ether oxygens (including phenoxy) is 1. The van der Waals surface area contributed by atoms with Crippen LogP contribution in [0.3, 0.4) is 0 Å². The monoisotopic (exact) mass is 467 g/mol. The number of halogens is 1. The van der Waals surface area contributed by atoms with Gasteiger partial charge in [-0.05, 0) is 30.5 Å². The van der Waals surface area contributed by atoms with Crippen LogP contribution >= 0.6 is 24.0 Å². The van der Waals surface area contributed by atoms with Crippen LogP contribution in [0.15, 0.2) is 47.6 Å². The van der Waals surface area contributed by atoms with Gasteiger partial charge in [-0.25, -0.2) is 9.98 Å². The van der Waals surface area contributed by atoms with Gasteiger partial charge in [-0.1, -0.05) is 24.3 Å². The van der Waals surface area contributed by atoms with Gasteiger partial charge in [0.1, 0.15) is 5.82 Å². The highest BCUT2D eigenvalue weighted by Gasteiger charge is 2.12. The van der Waals surface area contributed by atoms with E-state index in [1.165, 1.54) is 12.8 Å². The standard InChI is InChI=1S/C19H25N5O.HI/c1-25-14-16-6-2-3-7-17(16)23-19(20)22-13-15-8-9-18(21-12-15)24-10-4-5-11-24;/h2-3,6-9,12H,4-5,10-11,13-14H2,1H3,(H3,20,22,23);1H. The zero-order valence-corrected chi connectivity index (χ0v) is 17.3. The smallest absolute Gasteiger partial charge is 0.193 e. The van der Waals surface area contributed by atoms with Gasteiger partial charge in [0.05, 0.1) is 13.2 Å². The molecule has 1 aromatic heterocycles. The molecule has 0 aliphatic carbocycles. The third-order valence-electron chi connectivity index (χ3n) is 4.25. The Kier molecular flexibility index (Phi) is 8.11. The number of benzene rings is 1. The first kappa shape index (κ1) is 20.4. The first-order chi connectivity index (χ1) is 12.3. The fourth-order valence-electron chi connectivity index (χ4n) is 2.92. The van der Waals surface area contributed by atoms with Gasteiger partial charge >= 0.3 is 0 Å². The molecule has 0 spiro atoms. The fraction of sp³-hybridized carbons (Fsp3) is 0.368. The molecule has 0 unspecified atom stereocenters. The molecule has 140 valence electrons. The summed E-state index contributed by atoms with van der Waals surface area (Å²) >= 11 is 0. The molecule has 0 amide bonds. The minimum absolute atomic E-state index is 0. The Bertz CT molecular complexity index is 714. The molecule has 0 bridgehead atoms. The van der Waals surface area contributed by atoms with E-state index in [-0.39, 0.29) is 24.0 Å². The van der Waals surface area contributed by atoms with Crippen LogP contribution < -0.4 is 16.0 Å². The number of hydrogen-bond acceptors (Lipinski definition) is 4. The third-order valence-corrected chi connectivity index (χ3v) is 4.25. The second kappa shape index (κ2) is 10.3. The van der Waals surface area contributed by atoms with E-state index in [0.717, 1.165) is 35.7 Å². The molecule has 2 heterocycles. The van der Waals surface area contributed by atoms with E-state index in [0.29, 0.717) is 19.1 Å². The van der Waals surface area contributed by atoms with E-state index in [4.69, 9.17) is 10.5 Å². The van der Waals surface area contributed by atoms with Crippen LogP contribution in [0, 0.1) is 0 Å². The van der Waals surface area contributed by atoms with Crippen molar-refractivity contribution in [3.63, 3.8) is 0 Å². The number of anilines is 2. The summed E-state index contributed by atoms with van der Waals surface area (Å²) in [6.45, 7) is 3.22. The molecule has 0 radical (unpaired) electrons. The van der Waals surface area contributed by atoms with E-state index in [1.807, 2.05) is 30.5 Å². The molecule has 1 aliphatic heterocycles. The number of hydrogen-bond donors (Lipinski definition) is 2. The number of aromatic nitrogens is 1. The Hall–Kier alpha value is -1.87. The number of guanidine groups is 1. The summed E-state index contributed by atoms with van der Waals surface area (Å²) in [6, 6.07) is 12.0. The summed E-state index contributed by atoms with van der Waals surface area (Å²) in [5.41, 5.74) is 9.01. The molecule has 3 rings (SSSR count). The van der Waals surface area contributed by atoms with E-state index in [1.54, 1.807) is 7.11 Å². The Morgan fingerprint density at radius 1 is 1.23 bits per heavy atom. The van der Waals surface area contributed by atoms with E-state index in [2.05, 4.69) is 32.3 Å². The van der Waals surface area contributed by atoms with Gasteiger partial charge in [-0.15, -0.1) is 24.0 Å². The lowest BCUT2D eigenvalue weighted by molar-refractivity contribution is 0.185. The van der Waals surface area contributed by atoms with Crippen LogP contribution in [-0.4, -0.2) is 31.1 Å². The Balaban J connectivity index is 0.00000243. The summed E-state index contributed by atoms with van der Waals surface area (Å²) in [5, 5.41) is 3.14. The van der Waals surface area contributed by atoms with Crippen molar-refractivity contribution in [2.45, 2.75) is 26.0 Å². The molecule has 1 saturated heterocycles. The number of rotatable bonds is 6. The molecular formula is C19H26IN5O. The molecule has 1 fully saturated rings. The predicted octanol–water partition coefficient (Wildman–Crippen LogP) is 3.37. The van der Waals surface area contributed by atoms with Crippen LogP contribution in [-0.2, 0) is 17.9 Å². The lowest BCUT2D eigenvalue weighted by atomic mass is 10.2. The van der Waals surface area contributed by atoms with Crippen molar-refractivity contribution < 1.29 is 4.74 Å². The number of nitrogens with two attached hydrogens (primary N) is 1. The van der Waals surface area contributed by atoms with Gasteiger partial charge in [0.15, 0.2) is 5.96 Å². The van der Waals surface area contributed by atoms with Crippen LogP contribution in [0.1, 0.15) is 24.0 Å². The number of methoxy groups -OCH3 is 1. The van der Waals surface area contributed by atoms with Crippen molar-refractivity contribution in [3.05, 3.63) is 53.7 Å². The van der Waals surface area contributed by atoms with E-state index in [9.17, 15) is 0 Å². The average Bonchev–Trinajstić information content (AvgIpc) is 3.17. The summed E-state index contributed by atoms with van der Waals surface area (Å²) in [4.78, 5) is 11.3. The van der Waals surface area contributed by atoms with Gasteiger partial charge in [0.25, 0.3) is 0 Å². The van der Waals surface area contributed by atoms with Crippen molar-refractivity contribution in [1.82, 2.24) is 4.98 Å². The zero-order chi connectivity index (χ0) is 17.5. The van der Waals surface area contributed by atoms with Gasteiger partial charge in [0.2, 0.25) is 0 Å². The van der Waals surface area contributed by atoms with E-state index < -0.39 is 0 Å². The second-order valence-corrected chi connectivity index (χ2v) is 6.14. The largest absolute Gasteiger partial charge is 0.380 e. The number of nitrogens with zero attached hydrogens (tertiary/aromatic N) is 3. The molecule has 0 saturated carbocycles. The highest BCUT2D eigenvalue weighted by molar-refractivity contribution is 14.0. The number of nitrogens with one attached hydrogen (secondary N) is 1. The molecule has 7 heteroatoms. The topological polar surface area (TPSA) is 75.8 Å². The number of pyridine rings is 1. The molecule has 1 aliphatic rings. The van der Waals surface area contributed by atoms with Crippen molar-refractivity contribution in [2.24, 2.45) is 10.7 Å². The summed E-state index contributed by atoms with van der Waals surface area (Å²) in [5.74, 6) is 1.43. The molecule has 0 atom stereocenters. The molecular weight excluding hydrogens is 441 g/mol. The summed E-state index contributed by atoms with van der Waals surface area (Å²) in [6.07, 6.45) is 4.38. The van der Waals surface area contributed by atoms with Gasteiger partial charge in [0, 0.05) is 37.6 Å². The Morgan fingerprint density at radius 2 is 2.00 bits per heavy atom. The normalized spacial score (nSPS) is 14.2. The molecule has 3 N–H and O–H groups in total. The molecule has 2 aromatic rings. The van der Waals surface area contributed by atoms with Crippen LogP contribution in [0.2, 0.25) is 0 Å². The SMILES string of the molecule is COCc1ccccc1NC(N)=NCc1ccc(N2CCCC2)nc1.I.